The van der Waals surface area contributed by atoms with Gasteiger partial charge in [0, 0.05) is 12.1 Å². The van der Waals surface area contributed by atoms with E-state index in [1.165, 1.54) is 36.3 Å². The van der Waals surface area contributed by atoms with Gasteiger partial charge in [0.15, 0.2) is 0 Å². The maximum absolute atomic E-state index is 14.2. The fourth-order valence-electron chi connectivity index (χ4n) is 4.38. The molecule has 1 N–H and O–H groups in total. The average Bonchev–Trinajstić information content (AvgIpc) is 2.92. The van der Waals surface area contributed by atoms with E-state index in [0.717, 1.165) is 9.87 Å². The Morgan fingerprint density at radius 3 is 2.24 bits per heavy atom. The van der Waals surface area contributed by atoms with Crippen molar-refractivity contribution in [3.63, 3.8) is 0 Å². The molecule has 0 aliphatic heterocycles. The fourth-order valence-corrected chi connectivity index (χ4v) is 6.25. The maximum atomic E-state index is 14.2. The van der Waals surface area contributed by atoms with Gasteiger partial charge in [-0.2, -0.15) is 0 Å². The summed E-state index contributed by atoms with van der Waals surface area (Å²) in [5, 5.41) is 3.07. The van der Waals surface area contributed by atoms with Gasteiger partial charge in [0.05, 0.1) is 27.7 Å². The molecular weight excluding hydrogens is 597 g/mol. The van der Waals surface area contributed by atoms with Gasteiger partial charge in [0.2, 0.25) is 11.8 Å². The Morgan fingerprint density at radius 1 is 1.00 bits per heavy atom. The van der Waals surface area contributed by atoms with Gasteiger partial charge in [-0.15, -0.1) is 0 Å². The Kier molecular flexibility index (Phi) is 10.9. The molecule has 0 radical (unpaired) electrons. The second-order valence-electron chi connectivity index (χ2n) is 10.9. The van der Waals surface area contributed by atoms with Crippen molar-refractivity contribution in [2.24, 2.45) is 0 Å². The van der Waals surface area contributed by atoms with Crippen molar-refractivity contribution in [3.05, 3.63) is 87.9 Å². The van der Waals surface area contributed by atoms with Crippen LogP contribution in [0, 0.1) is 6.92 Å². The van der Waals surface area contributed by atoms with Crippen LogP contribution in [0.3, 0.4) is 0 Å². The highest BCUT2D eigenvalue weighted by Gasteiger charge is 2.35. The first-order valence-corrected chi connectivity index (χ1v) is 15.7. The monoisotopic (exact) mass is 633 g/mol. The number of nitrogens with zero attached hydrogens (tertiary/aromatic N) is 2. The number of ether oxygens (including phenoxy) is 1. The standard InChI is InChI=1S/C31H37Cl2N3O5S/c1-7-26(30(38)34-31(3,4)5)35(19-22-10-8-11-23(18-22)41-6)28(37)20-36(27-13-9-12-25(32)29(27)33)42(39,40)24-16-14-21(2)15-17-24/h8-18,26H,7,19-20H2,1-6H3,(H,34,38)/t26-/m0/s1. The van der Waals surface area contributed by atoms with E-state index < -0.39 is 34.1 Å². The number of benzene rings is 3. The van der Waals surface area contributed by atoms with Crippen molar-refractivity contribution >= 4 is 50.7 Å². The lowest BCUT2D eigenvalue weighted by molar-refractivity contribution is -0.141. The molecule has 0 aliphatic rings. The minimum absolute atomic E-state index is 0.0143. The SMILES string of the molecule is CC[C@@H](C(=O)NC(C)(C)C)N(Cc1cccc(OC)c1)C(=O)CN(c1cccc(Cl)c1Cl)S(=O)(=O)c1ccc(C)cc1. The average molecular weight is 635 g/mol. The molecule has 0 aromatic heterocycles. The Hall–Kier alpha value is -3.27. The number of methoxy groups -OCH3 is 1. The van der Waals surface area contributed by atoms with E-state index >= 15 is 0 Å². The predicted octanol–water partition coefficient (Wildman–Crippen LogP) is 6.23. The van der Waals surface area contributed by atoms with Crippen LogP contribution in [0.5, 0.6) is 5.75 Å². The van der Waals surface area contributed by atoms with Crippen LogP contribution >= 0.6 is 23.2 Å². The van der Waals surface area contributed by atoms with Gasteiger partial charge in [-0.1, -0.05) is 66.0 Å². The van der Waals surface area contributed by atoms with E-state index in [9.17, 15) is 18.0 Å². The van der Waals surface area contributed by atoms with Gasteiger partial charge in [0.1, 0.15) is 18.3 Å². The lowest BCUT2D eigenvalue weighted by Gasteiger charge is -2.35. The minimum atomic E-state index is -4.28. The molecule has 0 saturated carbocycles. The Balaban J connectivity index is 2.12. The van der Waals surface area contributed by atoms with Gasteiger partial charge in [-0.25, -0.2) is 8.42 Å². The van der Waals surface area contributed by atoms with Crippen LogP contribution < -0.4 is 14.4 Å². The Morgan fingerprint density at radius 2 is 1.64 bits per heavy atom. The summed E-state index contributed by atoms with van der Waals surface area (Å²) in [5.41, 5.74) is 1.08. The number of sulfonamides is 1. The normalized spacial score (nSPS) is 12.4. The molecule has 0 bridgehead atoms. The van der Waals surface area contributed by atoms with Crippen LogP contribution in [0.4, 0.5) is 5.69 Å². The number of aryl methyl sites for hydroxylation is 1. The fraction of sp³-hybridized carbons (Fsp3) is 0.355. The van der Waals surface area contributed by atoms with Crippen LogP contribution in [0.2, 0.25) is 10.0 Å². The molecule has 0 heterocycles. The van der Waals surface area contributed by atoms with Gasteiger partial charge >= 0.3 is 0 Å². The van der Waals surface area contributed by atoms with E-state index in [0.29, 0.717) is 17.7 Å². The second kappa shape index (κ2) is 13.8. The highest BCUT2D eigenvalue weighted by atomic mass is 35.5. The number of hydrogen-bond donors (Lipinski definition) is 1. The summed E-state index contributed by atoms with van der Waals surface area (Å²) in [6.45, 7) is 8.60. The zero-order valence-electron chi connectivity index (χ0n) is 24.6. The van der Waals surface area contributed by atoms with Crippen molar-refractivity contribution in [1.82, 2.24) is 10.2 Å². The molecule has 0 unspecified atom stereocenters. The first-order chi connectivity index (χ1) is 19.7. The van der Waals surface area contributed by atoms with Crippen molar-refractivity contribution in [2.45, 2.75) is 64.1 Å². The van der Waals surface area contributed by atoms with E-state index in [1.807, 2.05) is 33.8 Å². The molecule has 3 aromatic rings. The number of hydrogen-bond acceptors (Lipinski definition) is 5. The number of anilines is 1. The minimum Gasteiger partial charge on any atom is -0.497 e. The van der Waals surface area contributed by atoms with Crippen LogP contribution in [0.1, 0.15) is 45.2 Å². The summed E-state index contributed by atoms with van der Waals surface area (Å²) in [6.07, 6.45) is 0.292. The van der Waals surface area contributed by atoms with Gasteiger partial charge in [-0.05, 0) is 76.1 Å². The third-order valence-corrected chi connectivity index (χ3v) is 9.04. The number of carbonyl (C=O) groups is 2. The lowest BCUT2D eigenvalue weighted by Crippen LogP contribution is -2.55. The lowest BCUT2D eigenvalue weighted by atomic mass is 10.1. The third-order valence-electron chi connectivity index (χ3n) is 6.46. The van der Waals surface area contributed by atoms with Crippen LogP contribution in [0.25, 0.3) is 0 Å². The Labute approximate surface area is 258 Å². The summed E-state index contributed by atoms with van der Waals surface area (Å²) in [4.78, 5) is 29.0. The molecule has 1 atom stereocenters. The number of halogens is 2. The predicted molar refractivity (Wildman–Crippen MR) is 168 cm³/mol. The summed E-state index contributed by atoms with van der Waals surface area (Å²) >= 11 is 12.8. The number of nitrogens with one attached hydrogen (secondary N) is 1. The zero-order chi connectivity index (χ0) is 31.2. The molecule has 226 valence electrons. The number of rotatable bonds is 11. The summed E-state index contributed by atoms with van der Waals surface area (Å²) < 4.78 is 34.3. The highest BCUT2D eigenvalue weighted by molar-refractivity contribution is 7.92. The first kappa shape index (κ1) is 33.2. The van der Waals surface area contributed by atoms with Crippen molar-refractivity contribution in [3.8, 4) is 5.75 Å². The van der Waals surface area contributed by atoms with E-state index in [1.54, 1.807) is 43.3 Å². The molecular formula is C31H37Cl2N3O5S. The van der Waals surface area contributed by atoms with Crippen LogP contribution in [-0.4, -0.2) is 50.4 Å². The van der Waals surface area contributed by atoms with Gasteiger partial charge in [-0.3, -0.25) is 13.9 Å². The second-order valence-corrected chi connectivity index (χ2v) is 13.6. The molecule has 0 spiro atoms. The molecule has 11 heteroatoms. The first-order valence-electron chi connectivity index (χ1n) is 13.5. The maximum Gasteiger partial charge on any atom is 0.264 e. The molecule has 0 aliphatic carbocycles. The van der Waals surface area contributed by atoms with Crippen molar-refractivity contribution in [1.29, 1.82) is 0 Å². The van der Waals surface area contributed by atoms with Crippen molar-refractivity contribution in [2.75, 3.05) is 18.0 Å². The van der Waals surface area contributed by atoms with E-state index in [-0.39, 0.29) is 33.1 Å². The molecule has 42 heavy (non-hydrogen) atoms. The van der Waals surface area contributed by atoms with Gasteiger partial charge in [0.25, 0.3) is 10.0 Å². The quantitative estimate of drug-likeness (QED) is 0.270. The molecule has 3 rings (SSSR count). The topological polar surface area (TPSA) is 96.0 Å². The highest BCUT2D eigenvalue weighted by Crippen LogP contribution is 2.35. The third kappa shape index (κ3) is 8.18. The van der Waals surface area contributed by atoms with Crippen LogP contribution in [0.15, 0.2) is 71.6 Å². The number of carbonyl (C=O) groups excluding carboxylic acids is 2. The zero-order valence-corrected chi connectivity index (χ0v) is 27.0. The smallest absolute Gasteiger partial charge is 0.264 e. The van der Waals surface area contributed by atoms with E-state index in [4.69, 9.17) is 27.9 Å². The molecule has 3 aromatic carbocycles. The Bertz CT molecular complexity index is 1520. The molecule has 2 amide bonds. The molecule has 0 fully saturated rings. The largest absolute Gasteiger partial charge is 0.497 e. The summed E-state index contributed by atoms with van der Waals surface area (Å²) in [6, 6.07) is 17.1. The summed E-state index contributed by atoms with van der Waals surface area (Å²) in [5.74, 6) is -0.364. The van der Waals surface area contributed by atoms with Gasteiger partial charge < -0.3 is 15.0 Å². The molecule has 0 saturated heterocycles. The number of amides is 2. The van der Waals surface area contributed by atoms with E-state index in [2.05, 4.69) is 5.32 Å². The van der Waals surface area contributed by atoms with Crippen LogP contribution in [-0.2, 0) is 26.2 Å². The summed E-state index contributed by atoms with van der Waals surface area (Å²) in [7, 11) is -2.74. The van der Waals surface area contributed by atoms with Crippen molar-refractivity contribution < 1.29 is 22.7 Å². The molecule has 8 nitrogen and oxygen atoms in total.